The molecule has 0 fully saturated rings. The van der Waals surface area contributed by atoms with Gasteiger partial charge in [-0.15, -0.1) is 5.92 Å². The molecule has 1 rings (SSSR count). The van der Waals surface area contributed by atoms with E-state index in [1.807, 2.05) is 20.8 Å². The van der Waals surface area contributed by atoms with Crippen molar-refractivity contribution in [2.24, 2.45) is 0 Å². The average Bonchev–Trinajstić information content (AvgIpc) is 2.43. The fourth-order valence-corrected chi connectivity index (χ4v) is 1.73. The van der Waals surface area contributed by atoms with Crippen molar-refractivity contribution in [2.75, 3.05) is 25.1 Å². The molecule has 0 spiro atoms. The van der Waals surface area contributed by atoms with Crippen LogP contribution >= 0.6 is 0 Å². The molecule has 0 atom stereocenters. The molecule has 1 aromatic rings. The lowest BCUT2D eigenvalue weighted by molar-refractivity contribution is 0.176. The third-order valence-corrected chi connectivity index (χ3v) is 2.53. The van der Waals surface area contributed by atoms with Gasteiger partial charge in [0, 0.05) is 11.8 Å². The largest absolute Gasteiger partial charge is 0.490 e. The van der Waals surface area contributed by atoms with Crippen molar-refractivity contribution in [1.82, 2.24) is 0 Å². The molecule has 0 saturated carbocycles. The van der Waals surface area contributed by atoms with Crippen LogP contribution < -0.4 is 14.8 Å². The fourth-order valence-electron chi connectivity index (χ4n) is 1.73. The zero-order valence-electron chi connectivity index (χ0n) is 12.9. The van der Waals surface area contributed by atoms with E-state index in [0.717, 1.165) is 5.56 Å². The highest BCUT2D eigenvalue weighted by molar-refractivity contribution is 5.85. The Kier molecular flexibility index (Phi) is 6.96. The standard InChI is InChI=1S/C16H21NO4/c1-5-8-9-21-16(18)17-13-10-12(4)15(20-7-3)14(11-13)19-6-2/h10-11H,6-7,9H2,1-4H3,(H,17,18). The second-order valence-corrected chi connectivity index (χ2v) is 4.11. The second-order valence-electron chi connectivity index (χ2n) is 4.11. The Morgan fingerprint density at radius 3 is 2.57 bits per heavy atom. The third kappa shape index (κ3) is 5.27. The monoisotopic (exact) mass is 291 g/mol. The number of carbonyl (C=O) groups is 1. The van der Waals surface area contributed by atoms with Crippen LogP contribution in [0.2, 0.25) is 0 Å². The van der Waals surface area contributed by atoms with Crippen LogP contribution in [0.1, 0.15) is 26.3 Å². The van der Waals surface area contributed by atoms with Gasteiger partial charge in [0.2, 0.25) is 0 Å². The van der Waals surface area contributed by atoms with Gasteiger partial charge in [0.15, 0.2) is 18.1 Å². The number of hydrogen-bond donors (Lipinski definition) is 1. The summed E-state index contributed by atoms with van der Waals surface area (Å²) in [6.45, 7) is 8.51. The Balaban J connectivity index is 2.87. The van der Waals surface area contributed by atoms with Crippen LogP contribution in [0, 0.1) is 18.8 Å². The van der Waals surface area contributed by atoms with Crippen molar-refractivity contribution in [3.63, 3.8) is 0 Å². The predicted octanol–water partition coefficient (Wildman–Crippen LogP) is 3.36. The van der Waals surface area contributed by atoms with E-state index in [2.05, 4.69) is 17.2 Å². The first-order chi connectivity index (χ1) is 10.1. The molecule has 0 aromatic heterocycles. The lowest BCUT2D eigenvalue weighted by Gasteiger charge is -2.15. The van der Waals surface area contributed by atoms with Crippen molar-refractivity contribution in [3.8, 4) is 23.3 Å². The molecule has 5 heteroatoms. The Bertz CT molecular complexity index is 543. The summed E-state index contributed by atoms with van der Waals surface area (Å²) in [5.41, 5.74) is 1.47. The van der Waals surface area contributed by atoms with Crippen LogP contribution in [0.5, 0.6) is 11.5 Å². The summed E-state index contributed by atoms with van der Waals surface area (Å²) in [6, 6.07) is 3.52. The first-order valence-electron chi connectivity index (χ1n) is 6.85. The highest BCUT2D eigenvalue weighted by Gasteiger charge is 2.12. The van der Waals surface area contributed by atoms with Gasteiger partial charge in [0.25, 0.3) is 0 Å². The maximum absolute atomic E-state index is 11.6. The zero-order valence-corrected chi connectivity index (χ0v) is 12.9. The highest BCUT2D eigenvalue weighted by atomic mass is 16.5. The summed E-state index contributed by atoms with van der Waals surface area (Å²) >= 11 is 0. The Hall–Kier alpha value is -2.35. The molecule has 114 valence electrons. The zero-order chi connectivity index (χ0) is 15.7. The number of benzene rings is 1. The molecule has 1 N–H and O–H groups in total. The number of rotatable bonds is 6. The first-order valence-corrected chi connectivity index (χ1v) is 6.85. The Morgan fingerprint density at radius 2 is 1.95 bits per heavy atom. The highest BCUT2D eigenvalue weighted by Crippen LogP contribution is 2.34. The smallest absolute Gasteiger partial charge is 0.412 e. The third-order valence-electron chi connectivity index (χ3n) is 2.53. The lowest BCUT2D eigenvalue weighted by Crippen LogP contribution is -2.14. The minimum Gasteiger partial charge on any atom is -0.490 e. The number of hydrogen-bond acceptors (Lipinski definition) is 4. The van der Waals surface area contributed by atoms with E-state index < -0.39 is 6.09 Å². The minimum atomic E-state index is -0.552. The van der Waals surface area contributed by atoms with Gasteiger partial charge in [-0.25, -0.2) is 4.79 Å². The molecule has 1 aromatic carbocycles. The number of carbonyl (C=O) groups excluding carboxylic acids is 1. The summed E-state index contributed by atoms with van der Waals surface area (Å²) < 4.78 is 16.0. The first kappa shape index (κ1) is 16.7. The molecule has 0 radical (unpaired) electrons. The van der Waals surface area contributed by atoms with E-state index in [0.29, 0.717) is 30.4 Å². The van der Waals surface area contributed by atoms with Gasteiger partial charge < -0.3 is 14.2 Å². The Labute approximate surface area is 125 Å². The summed E-state index contributed by atoms with van der Waals surface area (Å²) in [4.78, 5) is 11.6. The molecular formula is C16H21NO4. The van der Waals surface area contributed by atoms with Crippen molar-refractivity contribution < 1.29 is 19.0 Å². The van der Waals surface area contributed by atoms with Crippen LogP contribution in [-0.2, 0) is 4.74 Å². The van der Waals surface area contributed by atoms with Gasteiger partial charge in [0.1, 0.15) is 0 Å². The molecule has 0 bridgehead atoms. The van der Waals surface area contributed by atoms with Crippen molar-refractivity contribution in [2.45, 2.75) is 27.7 Å². The molecule has 1 amide bonds. The Morgan fingerprint density at radius 1 is 1.24 bits per heavy atom. The van der Waals surface area contributed by atoms with E-state index in [1.165, 1.54) is 0 Å². The van der Waals surface area contributed by atoms with Crippen LogP contribution in [0.25, 0.3) is 0 Å². The molecule has 0 saturated heterocycles. The van der Waals surface area contributed by atoms with E-state index in [4.69, 9.17) is 14.2 Å². The molecule has 0 aliphatic heterocycles. The molecule has 0 heterocycles. The summed E-state index contributed by atoms with van der Waals surface area (Å²) in [6.07, 6.45) is -0.552. The van der Waals surface area contributed by atoms with Gasteiger partial charge in [-0.3, -0.25) is 5.32 Å². The van der Waals surface area contributed by atoms with Crippen molar-refractivity contribution in [3.05, 3.63) is 17.7 Å². The molecule has 5 nitrogen and oxygen atoms in total. The molecule has 0 unspecified atom stereocenters. The van der Waals surface area contributed by atoms with Crippen LogP contribution in [0.3, 0.4) is 0 Å². The molecule has 0 aliphatic carbocycles. The van der Waals surface area contributed by atoms with Gasteiger partial charge in [-0.2, -0.15) is 0 Å². The van der Waals surface area contributed by atoms with Gasteiger partial charge in [-0.1, -0.05) is 5.92 Å². The average molecular weight is 291 g/mol. The number of amides is 1. The quantitative estimate of drug-likeness (QED) is 0.816. The van der Waals surface area contributed by atoms with E-state index >= 15 is 0 Å². The lowest BCUT2D eigenvalue weighted by atomic mass is 10.2. The number of aryl methyl sites for hydroxylation is 1. The van der Waals surface area contributed by atoms with Crippen molar-refractivity contribution in [1.29, 1.82) is 0 Å². The fraction of sp³-hybridized carbons (Fsp3) is 0.438. The normalized spacial score (nSPS) is 9.33. The van der Waals surface area contributed by atoms with E-state index in [-0.39, 0.29) is 6.61 Å². The van der Waals surface area contributed by atoms with Gasteiger partial charge in [0.05, 0.1) is 13.2 Å². The summed E-state index contributed by atoms with van der Waals surface area (Å²) in [5, 5.41) is 2.65. The number of ether oxygens (including phenoxy) is 3. The maximum Gasteiger partial charge on any atom is 0.412 e. The van der Waals surface area contributed by atoms with E-state index in [9.17, 15) is 4.79 Å². The second kappa shape index (κ2) is 8.75. The van der Waals surface area contributed by atoms with E-state index in [1.54, 1.807) is 19.1 Å². The molecule has 0 aliphatic rings. The molecular weight excluding hydrogens is 270 g/mol. The number of anilines is 1. The van der Waals surface area contributed by atoms with Crippen LogP contribution in [0.15, 0.2) is 12.1 Å². The topological polar surface area (TPSA) is 56.8 Å². The number of nitrogens with one attached hydrogen (secondary N) is 1. The van der Waals surface area contributed by atoms with Gasteiger partial charge in [-0.05, 0) is 39.3 Å². The van der Waals surface area contributed by atoms with Crippen molar-refractivity contribution >= 4 is 11.8 Å². The predicted molar refractivity (Wildman–Crippen MR) is 81.9 cm³/mol. The van der Waals surface area contributed by atoms with Crippen LogP contribution in [0.4, 0.5) is 10.5 Å². The SMILES string of the molecule is CC#CCOC(=O)Nc1cc(C)c(OCC)c(OCC)c1. The summed E-state index contributed by atoms with van der Waals surface area (Å²) in [5.74, 6) is 6.60. The molecule has 21 heavy (non-hydrogen) atoms. The van der Waals surface area contributed by atoms with Crippen LogP contribution in [-0.4, -0.2) is 25.9 Å². The summed E-state index contributed by atoms with van der Waals surface area (Å²) in [7, 11) is 0. The van der Waals surface area contributed by atoms with Gasteiger partial charge >= 0.3 is 6.09 Å². The minimum absolute atomic E-state index is 0.0661. The maximum atomic E-state index is 11.6.